The molecule has 0 aliphatic carbocycles. The van der Waals surface area contributed by atoms with Crippen molar-refractivity contribution < 1.29 is 14.0 Å². The maximum atomic E-state index is 13.0. The van der Waals surface area contributed by atoms with Crippen molar-refractivity contribution in [1.82, 2.24) is 20.2 Å². The lowest BCUT2D eigenvalue weighted by molar-refractivity contribution is -0.124. The van der Waals surface area contributed by atoms with Gasteiger partial charge in [-0.05, 0) is 36.8 Å². The first kappa shape index (κ1) is 20.5. The normalized spacial score (nSPS) is 12.2. The Kier molecular flexibility index (Phi) is 6.26. The molecule has 0 fully saturated rings. The van der Waals surface area contributed by atoms with Gasteiger partial charge in [-0.3, -0.25) is 9.59 Å². The first-order chi connectivity index (χ1) is 13.8. The highest BCUT2D eigenvalue weighted by Crippen LogP contribution is 2.21. The maximum absolute atomic E-state index is 13.0. The van der Waals surface area contributed by atoms with E-state index in [1.54, 1.807) is 12.1 Å². The fourth-order valence-electron chi connectivity index (χ4n) is 3.04. The number of fused-ring (bicyclic) bond motifs is 1. The molecule has 0 aliphatic heterocycles. The number of rotatable bonds is 7. The Morgan fingerprint density at radius 2 is 1.76 bits per heavy atom. The average Bonchev–Trinajstić information content (AvgIpc) is 3.06. The van der Waals surface area contributed by atoms with E-state index in [4.69, 9.17) is 0 Å². The van der Waals surface area contributed by atoms with Crippen LogP contribution in [0.1, 0.15) is 38.2 Å². The minimum Gasteiger partial charge on any atom is -0.350 e. The quantitative estimate of drug-likeness (QED) is 0.643. The third-order valence-corrected chi connectivity index (χ3v) is 4.66. The van der Waals surface area contributed by atoms with Gasteiger partial charge < -0.3 is 15.2 Å². The van der Waals surface area contributed by atoms with Crippen LogP contribution in [0.15, 0.2) is 48.5 Å². The maximum Gasteiger partial charge on any atom is 0.240 e. The second kappa shape index (κ2) is 8.86. The zero-order valence-electron chi connectivity index (χ0n) is 16.8. The van der Waals surface area contributed by atoms with Crippen LogP contribution >= 0.6 is 0 Å². The second-order valence-corrected chi connectivity index (χ2v) is 7.33. The summed E-state index contributed by atoms with van der Waals surface area (Å²) in [5, 5.41) is 5.79. The summed E-state index contributed by atoms with van der Waals surface area (Å²) >= 11 is 0. The Hall–Kier alpha value is -3.22. The second-order valence-electron chi connectivity index (χ2n) is 7.33. The molecule has 1 aromatic heterocycles. The minimum atomic E-state index is -0.345. The van der Waals surface area contributed by atoms with E-state index in [-0.39, 0.29) is 36.1 Å². The van der Waals surface area contributed by atoms with Crippen LogP contribution in [-0.4, -0.2) is 21.4 Å². The Bertz CT molecular complexity index is 1010. The Morgan fingerprint density at radius 3 is 2.45 bits per heavy atom. The lowest BCUT2D eigenvalue weighted by Gasteiger charge is -2.17. The number of amides is 2. The molecule has 3 aromatic rings. The standard InChI is InChI=1S/C22H25FN4O2/c1-14(2)22(29)25-15(3)21-26-18-6-4-5-7-19(18)27(21)13-20(28)24-12-16-8-10-17(23)11-9-16/h4-11,14-15H,12-13H2,1-3H3,(H,24,28)(H,25,29). The van der Waals surface area contributed by atoms with Gasteiger partial charge in [-0.25, -0.2) is 9.37 Å². The zero-order chi connectivity index (χ0) is 21.0. The van der Waals surface area contributed by atoms with Gasteiger partial charge in [0.25, 0.3) is 0 Å². The molecular formula is C22H25FN4O2. The van der Waals surface area contributed by atoms with Gasteiger partial charge in [-0.15, -0.1) is 0 Å². The van der Waals surface area contributed by atoms with Gasteiger partial charge in [0.05, 0.1) is 17.1 Å². The zero-order valence-corrected chi connectivity index (χ0v) is 16.8. The van der Waals surface area contributed by atoms with Crippen molar-refractivity contribution >= 4 is 22.8 Å². The molecule has 1 unspecified atom stereocenters. The predicted molar refractivity (Wildman–Crippen MR) is 109 cm³/mol. The lowest BCUT2D eigenvalue weighted by Crippen LogP contribution is -2.33. The number of benzene rings is 2. The van der Waals surface area contributed by atoms with Crippen LogP contribution in [0.2, 0.25) is 0 Å². The molecule has 0 saturated carbocycles. The number of aromatic nitrogens is 2. The van der Waals surface area contributed by atoms with E-state index in [0.717, 1.165) is 16.6 Å². The van der Waals surface area contributed by atoms with E-state index >= 15 is 0 Å². The highest BCUT2D eigenvalue weighted by molar-refractivity contribution is 5.82. The van der Waals surface area contributed by atoms with Gasteiger partial charge in [0.1, 0.15) is 18.2 Å². The summed E-state index contributed by atoms with van der Waals surface area (Å²) in [6.45, 7) is 5.88. The third-order valence-electron chi connectivity index (χ3n) is 4.66. The van der Waals surface area contributed by atoms with E-state index in [0.29, 0.717) is 12.4 Å². The number of hydrogen-bond acceptors (Lipinski definition) is 3. The summed E-state index contributed by atoms with van der Waals surface area (Å²) in [5.74, 6) is -0.101. The molecule has 0 aliphatic rings. The molecule has 2 amide bonds. The molecular weight excluding hydrogens is 371 g/mol. The number of carbonyl (C=O) groups excluding carboxylic acids is 2. The summed E-state index contributed by atoms with van der Waals surface area (Å²) in [5.41, 5.74) is 2.40. The van der Waals surface area contributed by atoms with Crippen molar-refractivity contribution in [3.63, 3.8) is 0 Å². The number of hydrogen-bond donors (Lipinski definition) is 2. The highest BCUT2D eigenvalue weighted by atomic mass is 19.1. The van der Waals surface area contributed by atoms with Gasteiger partial charge in [-0.2, -0.15) is 0 Å². The van der Waals surface area contributed by atoms with Crippen molar-refractivity contribution in [3.8, 4) is 0 Å². The fourth-order valence-corrected chi connectivity index (χ4v) is 3.04. The van der Waals surface area contributed by atoms with E-state index in [1.807, 2.05) is 49.6 Å². The average molecular weight is 396 g/mol. The molecule has 0 radical (unpaired) electrons. The van der Waals surface area contributed by atoms with Crippen LogP contribution < -0.4 is 10.6 Å². The van der Waals surface area contributed by atoms with Gasteiger partial charge in [-0.1, -0.05) is 38.1 Å². The smallest absolute Gasteiger partial charge is 0.240 e. The van der Waals surface area contributed by atoms with Crippen LogP contribution in [0.25, 0.3) is 11.0 Å². The molecule has 2 aromatic carbocycles. The van der Waals surface area contributed by atoms with Crippen LogP contribution in [0.5, 0.6) is 0 Å². The molecule has 7 heteroatoms. The van der Waals surface area contributed by atoms with Crippen LogP contribution in [0, 0.1) is 11.7 Å². The number of nitrogens with one attached hydrogen (secondary N) is 2. The molecule has 0 spiro atoms. The van der Waals surface area contributed by atoms with E-state index < -0.39 is 0 Å². The molecule has 29 heavy (non-hydrogen) atoms. The summed E-state index contributed by atoms with van der Waals surface area (Å²) in [6, 6.07) is 13.2. The van der Waals surface area contributed by atoms with Crippen molar-refractivity contribution in [3.05, 3.63) is 65.7 Å². The molecule has 0 saturated heterocycles. The lowest BCUT2D eigenvalue weighted by atomic mass is 10.2. The number of nitrogens with zero attached hydrogens (tertiary/aromatic N) is 2. The van der Waals surface area contributed by atoms with Crippen molar-refractivity contribution in [2.45, 2.75) is 39.9 Å². The summed E-state index contributed by atoms with van der Waals surface area (Å²) in [6.07, 6.45) is 0. The van der Waals surface area contributed by atoms with Crippen molar-refractivity contribution in [2.24, 2.45) is 5.92 Å². The Balaban J connectivity index is 1.78. The molecule has 0 bridgehead atoms. The van der Waals surface area contributed by atoms with Gasteiger partial charge >= 0.3 is 0 Å². The monoisotopic (exact) mass is 396 g/mol. The first-order valence-electron chi connectivity index (χ1n) is 9.62. The van der Waals surface area contributed by atoms with Crippen molar-refractivity contribution in [2.75, 3.05) is 0 Å². The van der Waals surface area contributed by atoms with Gasteiger partial charge in [0.2, 0.25) is 11.8 Å². The highest BCUT2D eigenvalue weighted by Gasteiger charge is 2.20. The number of imidazole rings is 1. The summed E-state index contributed by atoms with van der Waals surface area (Å²) in [7, 11) is 0. The third kappa shape index (κ3) is 4.99. The summed E-state index contributed by atoms with van der Waals surface area (Å²) < 4.78 is 14.8. The molecule has 3 rings (SSSR count). The number of carbonyl (C=O) groups is 2. The topological polar surface area (TPSA) is 76.0 Å². The molecule has 6 nitrogen and oxygen atoms in total. The minimum absolute atomic E-state index is 0.0684. The Morgan fingerprint density at radius 1 is 1.07 bits per heavy atom. The summed E-state index contributed by atoms with van der Waals surface area (Å²) in [4.78, 5) is 29.3. The van der Waals surface area contributed by atoms with E-state index in [1.165, 1.54) is 12.1 Å². The first-order valence-corrected chi connectivity index (χ1v) is 9.62. The largest absolute Gasteiger partial charge is 0.350 e. The van der Waals surface area contributed by atoms with E-state index in [2.05, 4.69) is 15.6 Å². The number of halogens is 1. The molecule has 1 atom stereocenters. The predicted octanol–water partition coefficient (Wildman–Crippen LogP) is 3.33. The number of para-hydroxylation sites is 2. The van der Waals surface area contributed by atoms with Crippen LogP contribution in [0.3, 0.4) is 0 Å². The van der Waals surface area contributed by atoms with E-state index in [9.17, 15) is 14.0 Å². The fraction of sp³-hybridized carbons (Fsp3) is 0.318. The van der Waals surface area contributed by atoms with Crippen LogP contribution in [-0.2, 0) is 22.7 Å². The SMILES string of the molecule is CC(C)C(=O)NC(C)c1nc2ccccc2n1CC(=O)NCc1ccc(F)cc1. The van der Waals surface area contributed by atoms with Gasteiger partial charge in [0, 0.05) is 12.5 Å². The molecule has 2 N–H and O–H groups in total. The van der Waals surface area contributed by atoms with Crippen molar-refractivity contribution in [1.29, 1.82) is 0 Å². The van der Waals surface area contributed by atoms with Crippen LogP contribution in [0.4, 0.5) is 4.39 Å². The Labute approximate surface area is 169 Å². The molecule has 1 heterocycles. The van der Waals surface area contributed by atoms with Gasteiger partial charge in [0.15, 0.2) is 0 Å². The molecule has 152 valence electrons.